The lowest BCUT2D eigenvalue weighted by molar-refractivity contribution is -0.124. The van der Waals surface area contributed by atoms with Crippen molar-refractivity contribution in [3.05, 3.63) is 76.2 Å². The van der Waals surface area contributed by atoms with Gasteiger partial charge in [0.25, 0.3) is 0 Å². The number of nitrogens with one attached hydrogen (secondary N) is 1. The highest BCUT2D eigenvalue weighted by Gasteiger charge is 2.22. The lowest BCUT2D eigenvalue weighted by Crippen LogP contribution is -2.34. The number of benzene rings is 1. The maximum Gasteiger partial charge on any atom is 0.245 e. The van der Waals surface area contributed by atoms with Crippen molar-refractivity contribution in [3.63, 3.8) is 0 Å². The van der Waals surface area contributed by atoms with Crippen molar-refractivity contribution in [2.24, 2.45) is 0 Å². The molecule has 0 aliphatic heterocycles. The van der Waals surface area contributed by atoms with Crippen LogP contribution in [0.25, 0.3) is 0 Å². The highest BCUT2D eigenvalue weighted by atomic mass is 32.1. The second-order valence-electron chi connectivity index (χ2n) is 6.44. The zero-order valence-electron chi connectivity index (χ0n) is 14.7. The molecule has 2 heterocycles. The van der Waals surface area contributed by atoms with Crippen LogP contribution in [0.1, 0.15) is 54.8 Å². The fraction of sp³-hybridized carbons (Fsp3) is 0.300. The monoisotopic (exact) mass is 353 g/mol. The molecule has 2 atom stereocenters. The first-order valence-electron chi connectivity index (χ1n) is 8.49. The summed E-state index contributed by atoms with van der Waals surface area (Å²) in [5.74, 6) is 0.443. The predicted molar refractivity (Wildman–Crippen MR) is 102 cm³/mol. The van der Waals surface area contributed by atoms with Gasteiger partial charge in [0.05, 0.1) is 6.04 Å². The average molecular weight is 353 g/mol. The largest absolute Gasteiger partial charge is 0.343 e. The summed E-state index contributed by atoms with van der Waals surface area (Å²) in [6, 6.07) is 13.9. The van der Waals surface area contributed by atoms with E-state index in [0.717, 1.165) is 10.4 Å². The number of nitrogens with zero attached hydrogens (tertiary/aromatic N) is 2. The van der Waals surface area contributed by atoms with Crippen molar-refractivity contribution in [1.82, 2.24) is 15.1 Å². The SMILES string of the molecule is CC(C)c1ccc(C(NC(=O)C(C)n2cccn2)c2cccs2)cc1. The van der Waals surface area contributed by atoms with Gasteiger partial charge in [0.1, 0.15) is 6.04 Å². The summed E-state index contributed by atoms with van der Waals surface area (Å²) in [4.78, 5) is 13.9. The smallest absolute Gasteiger partial charge is 0.245 e. The molecule has 25 heavy (non-hydrogen) atoms. The lowest BCUT2D eigenvalue weighted by Gasteiger charge is -2.21. The van der Waals surface area contributed by atoms with Gasteiger partial charge in [0, 0.05) is 17.3 Å². The number of carbonyl (C=O) groups excluding carboxylic acids is 1. The molecule has 0 spiro atoms. The fourth-order valence-corrected chi connectivity index (χ4v) is 3.54. The van der Waals surface area contributed by atoms with Crippen LogP contribution in [0.4, 0.5) is 0 Å². The molecule has 0 aliphatic rings. The van der Waals surface area contributed by atoms with Crippen LogP contribution in [0.2, 0.25) is 0 Å². The van der Waals surface area contributed by atoms with Crippen LogP contribution < -0.4 is 5.32 Å². The van der Waals surface area contributed by atoms with Gasteiger partial charge in [-0.2, -0.15) is 5.10 Å². The van der Waals surface area contributed by atoms with Gasteiger partial charge in [-0.3, -0.25) is 9.48 Å². The van der Waals surface area contributed by atoms with Gasteiger partial charge in [-0.25, -0.2) is 0 Å². The summed E-state index contributed by atoms with van der Waals surface area (Å²) >= 11 is 1.65. The maximum absolute atomic E-state index is 12.7. The van der Waals surface area contributed by atoms with Gasteiger partial charge < -0.3 is 5.32 Å². The minimum atomic E-state index is -0.354. The van der Waals surface area contributed by atoms with E-state index < -0.39 is 0 Å². The molecule has 0 fully saturated rings. The number of hydrogen-bond acceptors (Lipinski definition) is 3. The molecule has 2 unspecified atom stereocenters. The molecule has 0 aliphatic carbocycles. The van der Waals surface area contributed by atoms with Gasteiger partial charge in [0.2, 0.25) is 5.91 Å². The Morgan fingerprint density at radius 1 is 1.08 bits per heavy atom. The Balaban J connectivity index is 1.84. The van der Waals surface area contributed by atoms with Crippen LogP contribution in [-0.4, -0.2) is 15.7 Å². The van der Waals surface area contributed by atoms with Crippen LogP contribution in [0, 0.1) is 0 Å². The van der Waals surface area contributed by atoms with E-state index in [1.165, 1.54) is 5.56 Å². The van der Waals surface area contributed by atoms with Gasteiger partial charge >= 0.3 is 0 Å². The van der Waals surface area contributed by atoms with Gasteiger partial charge in [-0.1, -0.05) is 44.2 Å². The Hall–Kier alpha value is -2.40. The molecule has 0 saturated heterocycles. The first-order chi connectivity index (χ1) is 12.1. The molecule has 2 aromatic heterocycles. The van der Waals surface area contributed by atoms with E-state index in [1.54, 1.807) is 22.2 Å². The third-order valence-corrected chi connectivity index (χ3v) is 5.29. The molecule has 0 saturated carbocycles. The van der Waals surface area contributed by atoms with E-state index in [4.69, 9.17) is 0 Å². The van der Waals surface area contributed by atoms with Crippen molar-refractivity contribution in [2.45, 2.75) is 38.8 Å². The Kier molecular flexibility index (Phi) is 5.34. The molecule has 4 nitrogen and oxygen atoms in total. The zero-order chi connectivity index (χ0) is 17.8. The topological polar surface area (TPSA) is 46.9 Å². The predicted octanol–water partition coefficient (Wildman–Crippen LogP) is 4.53. The molecular formula is C20H23N3OS. The summed E-state index contributed by atoms with van der Waals surface area (Å²) < 4.78 is 1.67. The second-order valence-corrected chi connectivity index (χ2v) is 7.42. The number of hydrogen-bond donors (Lipinski definition) is 1. The van der Waals surface area contributed by atoms with Crippen molar-refractivity contribution >= 4 is 17.2 Å². The minimum absolute atomic E-state index is 0.0463. The highest BCUT2D eigenvalue weighted by molar-refractivity contribution is 7.10. The summed E-state index contributed by atoms with van der Waals surface area (Å²) in [7, 11) is 0. The number of thiophene rings is 1. The summed E-state index contributed by atoms with van der Waals surface area (Å²) in [5, 5.41) is 9.39. The van der Waals surface area contributed by atoms with Crippen molar-refractivity contribution < 1.29 is 4.79 Å². The third-order valence-electron chi connectivity index (χ3n) is 4.35. The number of carbonyl (C=O) groups is 1. The van der Waals surface area contributed by atoms with Crippen LogP contribution in [0.15, 0.2) is 60.2 Å². The molecule has 1 aromatic carbocycles. The lowest BCUT2D eigenvalue weighted by atomic mass is 9.98. The van der Waals surface area contributed by atoms with E-state index >= 15 is 0 Å². The summed E-state index contributed by atoms with van der Waals surface area (Å²) in [5.41, 5.74) is 2.39. The average Bonchev–Trinajstić information content (AvgIpc) is 3.32. The van der Waals surface area contributed by atoms with E-state index in [2.05, 4.69) is 54.6 Å². The molecule has 0 bridgehead atoms. The quantitative estimate of drug-likeness (QED) is 0.707. The number of rotatable bonds is 6. The molecule has 5 heteroatoms. The van der Waals surface area contributed by atoms with E-state index in [1.807, 2.05) is 30.6 Å². The molecule has 3 aromatic rings. The molecule has 0 radical (unpaired) electrons. The van der Waals surface area contributed by atoms with Gasteiger partial charge in [-0.05, 0) is 41.5 Å². The molecule has 1 amide bonds. The number of aromatic nitrogens is 2. The Morgan fingerprint density at radius 2 is 1.80 bits per heavy atom. The van der Waals surface area contributed by atoms with Gasteiger partial charge in [-0.15, -0.1) is 11.3 Å². The highest BCUT2D eigenvalue weighted by Crippen LogP contribution is 2.28. The van der Waals surface area contributed by atoms with Crippen molar-refractivity contribution in [2.75, 3.05) is 0 Å². The first-order valence-corrected chi connectivity index (χ1v) is 9.37. The zero-order valence-corrected chi connectivity index (χ0v) is 15.5. The maximum atomic E-state index is 12.7. The number of amides is 1. The Labute approximate surface area is 152 Å². The molecule has 1 N–H and O–H groups in total. The third kappa shape index (κ3) is 3.99. The van der Waals surface area contributed by atoms with Crippen molar-refractivity contribution in [3.8, 4) is 0 Å². The normalized spacial score (nSPS) is 13.6. The van der Waals surface area contributed by atoms with Crippen LogP contribution in [0.3, 0.4) is 0 Å². The fourth-order valence-electron chi connectivity index (χ4n) is 2.74. The minimum Gasteiger partial charge on any atom is -0.343 e. The Bertz CT molecular complexity index is 792. The van der Waals surface area contributed by atoms with E-state index in [9.17, 15) is 4.79 Å². The summed E-state index contributed by atoms with van der Waals surface area (Å²) in [6.45, 7) is 6.22. The first kappa shape index (κ1) is 17.4. The molecule has 3 rings (SSSR count). The van der Waals surface area contributed by atoms with Crippen LogP contribution in [0.5, 0.6) is 0 Å². The van der Waals surface area contributed by atoms with Crippen molar-refractivity contribution in [1.29, 1.82) is 0 Å². The van der Waals surface area contributed by atoms with Crippen LogP contribution in [-0.2, 0) is 4.79 Å². The molecule has 130 valence electrons. The Morgan fingerprint density at radius 3 is 2.36 bits per heavy atom. The standard InChI is InChI=1S/C20H23N3OS/c1-14(2)16-7-9-17(10-8-16)19(18-6-4-13-25-18)22-20(24)15(3)23-12-5-11-21-23/h4-15,19H,1-3H3,(H,22,24). The second kappa shape index (κ2) is 7.66. The van der Waals surface area contributed by atoms with E-state index in [-0.39, 0.29) is 18.0 Å². The van der Waals surface area contributed by atoms with Gasteiger partial charge in [0.15, 0.2) is 0 Å². The molecular weight excluding hydrogens is 330 g/mol. The van der Waals surface area contributed by atoms with Crippen LogP contribution >= 0.6 is 11.3 Å². The summed E-state index contributed by atoms with van der Waals surface area (Å²) in [6.07, 6.45) is 3.49. The van der Waals surface area contributed by atoms with E-state index in [0.29, 0.717) is 5.92 Å².